The zero-order valence-corrected chi connectivity index (χ0v) is 28.8. The molecule has 3 nitrogen and oxygen atoms in total. The molecule has 0 fully saturated rings. The van der Waals surface area contributed by atoms with Crippen molar-refractivity contribution in [2.24, 2.45) is 0 Å². The summed E-state index contributed by atoms with van der Waals surface area (Å²) in [5, 5.41) is 14.0. The number of nitrogens with zero attached hydrogens (tertiary/aromatic N) is 2. The predicted octanol–water partition coefficient (Wildman–Crippen LogP) is 8.29. The number of benzene rings is 5. The summed E-state index contributed by atoms with van der Waals surface area (Å²) in [4.78, 5) is 8.44. The van der Waals surface area contributed by atoms with Crippen molar-refractivity contribution in [1.29, 1.82) is 0 Å². The summed E-state index contributed by atoms with van der Waals surface area (Å²) in [6.45, 7) is 2.07. The number of phenols is 1. The van der Waals surface area contributed by atoms with Gasteiger partial charge in [0.15, 0.2) is 5.75 Å². The van der Waals surface area contributed by atoms with Gasteiger partial charge in [-0.3, -0.25) is 0 Å². The third kappa shape index (κ3) is 9.89. The number of phenolic OH excluding ortho intramolecular Hbond substituents is 1. The summed E-state index contributed by atoms with van der Waals surface area (Å²) in [6, 6.07) is 60.5. The number of aromatic hydroxyl groups is 1. The van der Waals surface area contributed by atoms with E-state index in [2.05, 4.69) is 83.6 Å². The van der Waals surface area contributed by atoms with Crippen LogP contribution >= 0.6 is 7.92 Å². The van der Waals surface area contributed by atoms with Crippen molar-refractivity contribution in [2.45, 2.75) is 6.92 Å². The molecule has 229 valence electrons. The molecule has 0 saturated carbocycles. The first-order chi connectivity index (χ1) is 22.2. The van der Waals surface area contributed by atoms with Gasteiger partial charge in [-0.25, -0.2) is 0 Å². The fourth-order valence-electron chi connectivity index (χ4n) is 4.69. The molecule has 1 N–H and O–H groups in total. The van der Waals surface area contributed by atoms with E-state index in [4.69, 9.17) is 0 Å². The molecule has 5 heteroatoms. The Hall–Kier alpha value is -4.72. The van der Waals surface area contributed by atoms with Crippen LogP contribution in [0.25, 0.3) is 22.5 Å². The number of pyridine rings is 2. The van der Waals surface area contributed by atoms with Crippen LogP contribution in [0, 0.1) is 19.1 Å². The van der Waals surface area contributed by atoms with Crippen molar-refractivity contribution >= 4 is 23.8 Å². The number of hydrogen-bond donors (Lipinski definition) is 1. The van der Waals surface area contributed by atoms with Gasteiger partial charge < -0.3 is 15.1 Å². The summed E-state index contributed by atoms with van der Waals surface area (Å²) in [5.41, 5.74) is 5.20. The molecule has 0 bridgehead atoms. The Morgan fingerprint density at radius 3 is 1.39 bits per heavy atom. The average Bonchev–Trinajstić information content (AvgIpc) is 3.13. The molecule has 0 spiro atoms. The van der Waals surface area contributed by atoms with Gasteiger partial charge in [0.25, 0.3) is 0 Å². The number of hydrogen-bond acceptors (Lipinski definition) is 3. The normalized spacial score (nSPS) is 9.96. The average molecular weight is 794 g/mol. The number of aryl methyl sites for hydroxylation is 1. The molecule has 0 amide bonds. The molecule has 0 saturated heterocycles. The van der Waals surface area contributed by atoms with E-state index >= 15 is 0 Å². The second kappa shape index (κ2) is 18.3. The number of aromatic nitrogens is 2. The molecule has 5 aromatic carbocycles. The van der Waals surface area contributed by atoms with Crippen LogP contribution in [0.4, 0.5) is 0 Å². The van der Waals surface area contributed by atoms with Gasteiger partial charge in [-0.15, -0.1) is 71.8 Å². The molecular weight excluding hydrogens is 760 g/mol. The standard InChI is InChI=1S/C19H17OP.2C11H8N.Ir/c1-15-12-13-18(20)19(14-15)21(16-8-4-2-5-9-16)17-10-6-3-7-11-17;2*1-2-6-10(7-3-1)11-8-4-5-9-12-11;/h2-14,20H,1H3;2*1-6,8-9H;/q;2*-1;/p+1. The van der Waals surface area contributed by atoms with Crippen LogP contribution in [0.2, 0.25) is 0 Å². The molecule has 2 heterocycles. The molecule has 7 aromatic rings. The molecule has 2 aromatic heterocycles. The Labute approximate surface area is 286 Å². The smallest absolute Gasteiger partial charge is 0.158 e. The summed E-state index contributed by atoms with van der Waals surface area (Å²) < 4.78 is 0. The van der Waals surface area contributed by atoms with E-state index in [0.717, 1.165) is 27.8 Å². The minimum Gasteiger partial charge on any atom is -0.504 e. The molecule has 0 unspecified atom stereocenters. The first-order valence-corrected chi connectivity index (χ1v) is 16.2. The van der Waals surface area contributed by atoms with Gasteiger partial charge >= 0.3 is 0 Å². The van der Waals surface area contributed by atoms with Gasteiger partial charge in [-0.05, 0) is 72.4 Å². The Morgan fingerprint density at radius 2 is 0.978 bits per heavy atom. The first kappa shape index (κ1) is 34.2. The van der Waals surface area contributed by atoms with Crippen LogP contribution in [-0.4, -0.2) is 15.1 Å². The van der Waals surface area contributed by atoms with Gasteiger partial charge in [0.1, 0.15) is 23.8 Å². The van der Waals surface area contributed by atoms with Gasteiger partial charge in [0.05, 0.1) is 0 Å². The van der Waals surface area contributed by atoms with Crippen molar-refractivity contribution in [3.8, 4) is 28.3 Å². The Balaban J connectivity index is 0.000000165. The Kier molecular flexibility index (Phi) is 13.6. The summed E-state index contributed by atoms with van der Waals surface area (Å²) in [7, 11) is -1.18. The Morgan fingerprint density at radius 1 is 0.522 bits per heavy atom. The van der Waals surface area contributed by atoms with Crippen molar-refractivity contribution in [1.82, 2.24) is 9.97 Å². The fraction of sp³-hybridized carbons (Fsp3) is 0.0244. The van der Waals surface area contributed by atoms with Crippen LogP contribution in [0.5, 0.6) is 5.75 Å². The zero-order valence-electron chi connectivity index (χ0n) is 25.4. The van der Waals surface area contributed by atoms with Crippen molar-refractivity contribution in [3.05, 3.63) is 194 Å². The van der Waals surface area contributed by atoms with Crippen molar-refractivity contribution in [3.63, 3.8) is 0 Å². The van der Waals surface area contributed by atoms with E-state index in [1.165, 1.54) is 16.2 Å². The minimum atomic E-state index is -1.18. The minimum absolute atomic E-state index is 0. The van der Waals surface area contributed by atoms with E-state index in [9.17, 15) is 5.11 Å². The van der Waals surface area contributed by atoms with Gasteiger partial charge in [-0.2, -0.15) is 0 Å². The van der Waals surface area contributed by atoms with E-state index in [-0.39, 0.29) is 20.1 Å². The maximum absolute atomic E-state index is 10.4. The molecule has 0 aliphatic carbocycles. The van der Waals surface area contributed by atoms with Gasteiger partial charge in [0.2, 0.25) is 0 Å². The van der Waals surface area contributed by atoms with Crippen LogP contribution in [-0.2, 0) is 20.1 Å². The molecule has 0 atom stereocenters. The molecule has 0 aliphatic rings. The third-order valence-corrected chi connectivity index (χ3v) is 9.61. The number of rotatable bonds is 5. The Bertz CT molecular complexity index is 1650. The van der Waals surface area contributed by atoms with E-state index in [1.54, 1.807) is 18.5 Å². The summed E-state index contributed by atoms with van der Waals surface area (Å²) in [5.74, 6) is 0.391. The second-order valence-electron chi connectivity index (χ2n) is 10.1. The third-order valence-electron chi connectivity index (χ3n) is 6.85. The van der Waals surface area contributed by atoms with Crippen LogP contribution in [0.15, 0.2) is 176 Å². The predicted molar refractivity (Wildman–Crippen MR) is 190 cm³/mol. The van der Waals surface area contributed by atoms with E-state index in [1.807, 2.05) is 103 Å². The van der Waals surface area contributed by atoms with Crippen molar-refractivity contribution in [2.75, 3.05) is 0 Å². The maximum atomic E-state index is 10.4. The first-order valence-electron chi connectivity index (χ1n) is 14.7. The molecule has 0 aliphatic heterocycles. The van der Waals surface area contributed by atoms with Crippen LogP contribution in [0.3, 0.4) is 0 Å². The summed E-state index contributed by atoms with van der Waals surface area (Å²) in [6.07, 6.45) is 3.58. The largest absolute Gasteiger partial charge is 0.504 e. The van der Waals surface area contributed by atoms with Crippen LogP contribution in [0.1, 0.15) is 5.56 Å². The monoisotopic (exact) mass is 794 g/mol. The molecule has 46 heavy (non-hydrogen) atoms. The van der Waals surface area contributed by atoms with Crippen LogP contribution < -0.4 is 15.9 Å². The van der Waals surface area contributed by atoms with Gasteiger partial charge in [0, 0.05) is 32.5 Å². The van der Waals surface area contributed by atoms with E-state index in [0.29, 0.717) is 5.75 Å². The van der Waals surface area contributed by atoms with Gasteiger partial charge in [-0.1, -0.05) is 66.7 Å². The topological polar surface area (TPSA) is 46.0 Å². The SMILES string of the molecule is Cc1ccc(O)c([PH+](c2ccccc2)c2ccccc2)c1.[Ir].[c-]1ccccc1-c1ccccn1.[c-]1ccccc1-c1ccccn1. The quantitative estimate of drug-likeness (QED) is 0.141. The van der Waals surface area contributed by atoms with Crippen molar-refractivity contribution < 1.29 is 25.2 Å². The molecule has 7 rings (SSSR count). The van der Waals surface area contributed by atoms with E-state index < -0.39 is 7.92 Å². The zero-order chi connectivity index (χ0) is 31.1. The second-order valence-corrected chi connectivity index (χ2v) is 12.6. The molecule has 1 radical (unpaired) electrons. The fourth-order valence-corrected chi connectivity index (χ4v) is 7.41. The molecular formula is C41H34IrN2OP-. The maximum Gasteiger partial charge on any atom is 0.158 e. The summed E-state index contributed by atoms with van der Waals surface area (Å²) >= 11 is 0.